The fourth-order valence-electron chi connectivity index (χ4n) is 1.83. The van der Waals surface area contributed by atoms with Crippen molar-refractivity contribution in [3.63, 3.8) is 0 Å². The van der Waals surface area contributed by atoms with Crippen LogP contribution in [-0.2, 0) is 0 Å². The number of nitrogens with two attached hydrogens (primary N) is 1. The van der Waals surface area contributed by atoms with Gasteiger partial charge < -0.3 is 15.8 Å². The number of rotatable bonds is 4. The van der Waals surface area contributed by atoms with E-state index in [1.54, 1.807) is 31.4 Å². The Balaban J connectivity index is 2.14. The predicted molar refractivity (Wildman–Crippen MR) is 85.8 cm³/mol. The molecule has 1 aromatic heterocycles. The van der Waals surface area contributed by atoms with Gasteiger partial charge in [-0.15, -0.1) is 0 Å². The summed E-state index contributed by atoms with van der Waals surface area (Å²) in [6.07, 6.45) is 1.48. The number of benzene rings is 1. The van der Waals surface area contributed by atoms with Crippen molar-refractivity contribution >= 4 is 28.8 Å². The molecule has 0 aliphatic rings. The second kappa shape index (κ2) is 6.32. The van der Waals surface area contributed by atoms with Crippen LogP contribution in [0.25, 0.3) is 0 Å². The number of ether oxygens (including phenoxy) is 1. The van der Waals surface area contributed by atoms with Gasteiger partial charge in [-0.25, -0.2) is 0 Å². The zero-order valence-corrected chi connectivity index (χ0v) is 12.5. The number of aryl methyl sites for hydroxylation is 1. The summed E-state index contributed by atoms with van der Waals surface area (Å²) >= 11 is 4.84. The van der Waals surface area contributed by atoms with Crippen LogP contribution in [0.4, 0.5) is 5.69 Å². The lowest BCUT2D eigenvalue weighted by Crippen LogP contribution is -2.15. The molecule has 2 rings (SSSR count). The van der Waals surface area contributed by atoms with Gasteiger partial charge in [0.05, 0.1) is 7.11 Å². The first-order valence-electron chi connectivity index (χ1n) is 6.23. The molecular weight excluding hydrogens is 286 g/mol. The normalized spacial score (nSPS) is 10.0. The largest absolute Gasteiger partial charge is 0.496 e. The van der Waals surface area contributed by atoms with Gasteiger partial charge in [0.1, 0.15) is 16.4 Å². The molecule has 6 heteroatoms. The van der Waals surface area contributed by atoms with E-state index in [9.17, 15) is 4.79 Å². The van der Waals surface area contributed by atoms with Crippen LogP contribution in [0.5, 0.6) is 5.75 Å². The van der Waals surface area contributed by atoms with E-state index in [1.807, 2.05) is 13.0 Å². The van der Waals surface area contributed by atoms with Gasteiger partial charge in [0.2, 0.25) is 0 Å². The number of anilines is 1. The number of hydrogen-bond acceptors (Lipinski definition) is 4. The molecule has 1 aromatic carbocycles. The highest BCUT2D eigenvalue weighted by molar-refractivity contribution is 7.80. The summed E-state index contributed by atoms with van der Waals surface area (Å²) < 4.78 is 5.18. The Bertz CT molecular complexity index is 684. The molecule has 0 bridgehead atoms. The summed E-state index contributed by atoms with van der Waals surface area (Å²) in [7, 11) is 1.61. The van der Waals surface area contributed by atoms with Gasteiger partial charge in [-0.1, -0.05) is 12.2 Å². The number of nitrogens with one attached hydrogen (secondary N) is 1. The van der Waals surface area contributed by atoms with Gasteiger partial charge >= 0.3 is 0 Å². The van der Waals surface area contributed by atoms with E-state index in [0.29, 0.717) is 16.9 Å². The molecule has 0 saturated heterocycles. The summed E-state index contributed by atoms with van der Waals surface area (Å²) in [6, 6.07) is 8.66. The summed E-state index contributed by atoms with van der Waals surface area (Å²) in [5, 5.41) is 2.78. The van der Waals surface area contributed by atoms with Crippen molar-refractivity contribution in [2.75, 3.05) is 12.4 Å². The molecule has 0 fully saturated rings. The van der Waals surface area contributed by atoms with Gasteiger partial charge in [-0.05, 0) is 42.8 Å². The molecule has 0 radical (unpaired) electrons. The zero-order valence-electron chi connectivity index (χ0n) is 11.7. The quantitative estimate of drug-likeness (QED) is 0.847. The fourth-order valence-corrected chi connectivity index (χ4v) is 1.95. The van der Waals surface area contributed by atoms with Crippen molar-refractivity contribution in [1.82, 2.24) is 4.98 Å². The third-order valence-electron chi connectivity index (χ3n) is 2.93. The Morgan fingerprint density at radius 2 is 2.10 bits per heavy atom. The smallest absolute Gasteiger partial charge is 0.274 e. The van der Waals surface area contributed by atoms with Crippen molar-refractivity contribution in [2.45, 2.75) is 6.92 Å². The van der Waals surface area contributed by atoms with Crippen LogP contribution >= 0.6 is 12.2 Å². The lowest BCUT2D eigenvalue weighted by molar-refractivity contribution is 0.102. The molecule has 0 unspecified atom stereocenters. The third-order valence-corrected chi connectivity index (χ3v) is 3.17. The maximum atomic E-state index is 12.1. The van der Waals surface area contributed by atoms with Crippen LogP contribution < -0.4 is 15.8 Å². The van der Waals surface area contributed by atoms with E-state index >= 15 is 0 Å². The van der Waals surface area contributed by atoms with Crippen LogP contribution in [0.1, 0.15) is 21.6 Å². The molecular formula is C15H15N3O2S. The molecule has 0 saturated carbocycles. The maximum absolute atomic E-state index is 12.1. The van der Waals surface area contributed by atoms with E-state index in [2.05, 4.69) is 10.3 Å². The van der Waals surface area contributed by atoms with Crippen molar-refractivity contribution in [2.24, 2.45) is 5.73 Å². The molecule has 1 amide bonds. The van der Waals surface area contributed by atoms with E-state index in [0.717, 1.165) is 11.3 Å². The fraction of sp³-hybridized carbons (Fsp3) is 0.133. The third kappa shape index (κ3) is 3.55. The number of amides is 1. The van der Waals surface area contributed by atoms with E-state index in [4.69, 9.17) is 22.7 Å². The van der Waals surface area contributed by atoms with Crippen molar-refractivity contribution < 1.29 is 9.53 Å². The number of aromatic nitrogens is 1. The average Bonchev–Trinajstić information content (AvgIpc) is 2.47. The van der Waals surface area contributed by atoms with Crippen LogP contribution in [0.15, 0.2) is 36.5 Å². The molecule has 0 atom stereocenters. The van der Waals surface area contributed by atoms with Crippen molar-refractivity contribution in [3.05, 3.63) is 53.3 Å². The first kappa shape index (κ1) is 14.9. The van der Waals surface area contributed by atoms with E-state index in [1.165, 1.54) is 6.20 Å². The van der Waals surface area contributed by atoms with Gasteiger partial charge in [0.15, 0.2) is 0 Å². The van der Waals surface area contributed by atoms with Crippen LogP contribution in [0.2, 0.25) is 0 Å². The summed E-state index contributed by atoms with van der Waals surface area (Å²) in [4.78, 5) is 16.4. The van der Waals surface area contributed by atoms with Crippen molar-refractivity contribution in [3.8, 4) is 5.75 Å². The molecule has 1 heterocycles. The average molecular weight is 301 g/mol. The molecule has 21 heavy (non-hydrogen) atoms. The lowest BCUT2D eigenvalue weighted by atomic mass is 10.2. The highest BCUT2D eigenvalue weighted by Gasteiger charge is 2.09. The summed E-state index contributed by atoms with van der Waals surface area (Å²) in [6.45, 7) is 1.91. The van der Waals surface area contributed by atoms with Gasteiger partial charge in [0.25, 0.3) is 5.91 Å². The van der Waals surface area contributed by atoms with Gasteiger partial charge in [-0.3, -0.25) is 9.78 Å². The molecule has 0 spiro atoms. The first-order valence-corrected chi connectivity index (χ1v) is 6.64. The molecule has 0 aliphatic carbocycles. The Kier molecular flexibility index (Phi) is 4.49. The first-order chi connectivity index (χ1) is 10.0. The van der Waals surface area contributed by atoms with Gasteiger partial charge in [0, 0.05) is 17.4 Å². The zero-order chi connectivity index (χ0) is 15.4. The van der Waals surface area contributed by atoms with E-state index < -0.39 is 0 Å². The minimum atomic E-state index is -0.297. The molecule has 3 N–H and O–H groups in total. The highest BCUT2D eigenvalue weighted by Crippen LogP contribution is 2.21. The monoisotopic (exact) mass is 301 g/mol. The Morgan fingerprint density at radius 1 is 1.33 bits per heavy atom. The number of pyridine rings is 1. The summed E-state index contributed by atoms with van der Waals surface area (Å²) in [5.41, 5.74) is 8.02. The second-order valence-electron chi connectivity index (χ2n) is 4.43. The van der Waals surface area contributed by atoms with Crippen molar-refractivity contribution in [1.29, 1.82) is 0 Å². The lowest BCUT2D eigenvalue weighted by Gasteiger charge is -2.09. The standard InChI is InChI=1S/C15H15N3O2S/c1-9-7-11(4-6-13(9)20-2)18-15(19)12-5-3-10(8-17-12)14(16)21/h3-8H,1-2H3,(H2,16,21)(H,18,19). The van der Waals surface area contributed by atoms with E-state index in [-0.39, 0.29) is 10.9 Å². The highest BCUT2D eigenvalue weighted by atomic mass is 32.1. The molecule has 0 aliphatic heterocycles. The Hall–Kier alpha value is -2.47. The number of carbonyl (C=O) groups is 1. The topological polar surface area (TPSA) is 77.2 Å². The Morgan fingerprint density at radius 3 is 2.62 bits per heavy atom. The number of nitrogens with zero attached hydrogens (tertiary/aromatic N) is 1. The van der Waals surface area contributed by atoms with Gasteiger partial charge in [-0.2, -0.15) is 0 Å². The molecule has 108 valence electrons. The molecule has 5 nitrogen and oxygen atoms in total. The predicted octanol–water partition coefficient (Wildman–Crippen LogP) is 2.29. The minimum absolute atomic E-state index is 0.250. The van der Waals surface area contributed by atoms with Crippen LogP contribution in [0.3, 0.4) is 0 Å². The second-order valence-corrected chi connectivity index (χ2v) is 4.87. The Labute approximate surface area is 128 Å². The molecule has 2 aromatic rings. The minimum Gasteiger partial charge on any atom is -0.496 e. The SMILES string of the molecule is COc1ccc(NC(=O)c2ccc(C(N)=S)cn2)cc1C. The maximum Gasteiger partial charge on any atom is 0.274 e. The summed E-state index contributed by atoms with van der Waals surface area (Å²) in [5.74, 6) is 0.473. The van der Waals surface area contributed by atoms with Crippen LogP contribution in [-0.4, -0.2) is 23.0 Å². The number of methoxy groups -OCH3 is 1. The number of thiocarbonyl (C=S) groups is 1. The van der Waals surface area contributed by atoms with Crippen LogP contribution in [0, 0.1) is 6.92 Å². The number of hydrogen-bond donors (Lipinski definition) is 2. The number of carbonyl (C=O) groups excluding carboxylic acids is 1.